The van der Waals surface area contributed by atoms with Gasteiger partial charge < -0.3 is 14.6 Å². The largest absolute Gasteiger partial charge is 0.508 e. The van der Waals surface area contributed by atoms with Gasteiger partial charge in [0.2, 0.25) is 5.88 Å². The minimum absolute atomic E-state index is 0.0463. The smallest absolute Gasteiger partial charge is 0.219 e. The molecule has 1 aliphatic rings. The monoisotopic (exact) mass is 367 g/mol. The first kappa shape index (κ1) is 16.4. The number of fused-ring (bicyclic) bond motifs is 1. The second-order valence-electron chi connectivity index (χ2n) is 5.90. The summed E-state index contributed by atoms with van der Waals surface area (Å²) >= 11 is 5.82. The zero-order chi connectivity index (χ0) is 18.1. The van der Waals surface area contributed by atoms with Gasteiger partial charge >= 0.3 is 0 Å². The number of aromatic hydroxyl groups is 1. The SMILES string of the molecule is O=C1CC(c2cccc(Oc3ccc(Cl)cn3)c2)Oc2ccc(O)cc21. The molecule has 1 unspecified atom stereocenters. The predicted octanol–water partition coefficient (Wildman–Crippen LogP) is 4.94. The zero-order valence-corrected chi connectivity index (χ0v) is 14.3. The third kappa shape index (κ3) is 3.34. The Balaban J connectivity index is 1.58. The molecule has 0 saturated heterocycles. The molecule has 4 rings (SSSR count). The first-order valence-electron chi connectivity index (χ1n) is 8.01. The van der Waals surface area contributed by atoms with E-state index >= 15 is 0 Å². The number of carbonyl (C=O) groups excluding carboxylic acids is 1. The van der Waals surface area contributed by atoms with Crippen molar-refractivity contribution in [3.8, 4) is 23.1 Å². The van der Waals surface area contributed by atoms with Gasteiger partial charge in [-0.2, -0.15) is 0 Å². The quantitative estimate of drug-likeness (QED) is 0.710. The normalized spacial score (nSPS) is 15.9. The van der Waals surface area contributed by atoms with Gasteiger partial charge in [0.15, 0.2) is 5.78 Å². The number of pyridine rings is 1. The number of Topliss-reactive ketones (excluding diaryl/α,β-unsaturated/α-hetero) is 1. The van der Waals surface area contributed by atoms with Crippen molar-refractivity contribution in [2.75, 3.05) is 0 Å². The molecule has 2 aromatic carbocycles. The van der Waals surface area contributed by atoms with E-state index in [0.717, 1.165) is 5.56 Å². The van der Waals surface area contributed by atoms with Gasteiger partial charge in [0.25, 0.3) is 0 Å². The Hall–Kier alpha value is -3.05. The molecule has 6 heteroatoms. The summed E-state index contributed by atoms with van der Waals surface area (Å²) in [4.78, 5) is 16.5. The van der Waals surface area contributed by atoms with E-state index in [1.807, 2.05) is 18.2 Å². The predicted molar refractivity (Wildman–Crippen MR) is 96.2 cm³/mol. The second-order valence-corrected chi connectivity index (χ2v) is 6.34. The molecular weight excluding hydrogens is 354 g/mol. The van der Waals surface area contributed by atoms with Crippen molar-refractivity contribution in [1.82, 2.24) is 4.98 Å². The lowest BCUT2D eigenvalue weighted by Crippen LogP contribution is -2.20. The highest BCUT2D eigenvalue weighted by Gasteiger charge is 2.28. The average Bonchev–Trinajstić information content (AvgIpc) is 2.64. The molecule has 1 atom stereocenters. The molecule has 0 saturated carbocycles. The molecule has 3 aromatic rings. The van der Waals surface area contributed by atoms with E-state index in [-0.39, 0.29) is 18.0 Å². The minimum atomic E-state index is -0.415. The maximum absolute atomic E-state index is 12.4. The lowest BCUT2D eigenvalue weighted by molar-refractivity contribution is 0.0849. The number of benzene rings is 2. The molecule has 1 aliphatic heterocycles. The summed E-state index contributed by atoms with van der Waals surface area (Å²) in [6.45, 7) is 0. The van der Waals surface area contributed by atoms with Crippen molar-refractivity contribution in [3.05, 3.63) is 76.9 Å². The van der Waals surface area contributed by atoms with E-state index in [1.165, 1.54) is 18.3 Å². The number of halogens is 1. The number of hydrogen-bond donors (Lipinski definition) is 1. The van der Waals surface area contributed by atoms with E-state index < -0.39 is 6.10 Å². The maximum atomic E-state index is 12.4. The minimum Gasteiger partial charge on any atom is -0.508 e. The molecule has 0 fully saturated rings. The zero-order valence-electron chi connectivity index (χ0n) is 13.6. The fourth-order valence-corrected chi connectivity index (χ4v) is 2.93. The van der Waals surface area contributed by atoms with Gasteiger partial charge in [-0.1, -0.05) is 23.7 Å². The summed E-state index contributed by atoms with van der Waals surface area (Å²) in [6.07, 6.45) is 1.29. The van der Waals surface area contributed by atoms with Crippen LogP contribution in [0.25, 0.3) is 0 Å². The van der Waals surface area contributed by atoms with E-state index in [9.17, 15) is 9.90 Å². The van der Waals surface area contributed by atoms with Gasteiger partial charge in [0.1, 0.15) is 23.4 Å². The number of nitrogens with zero attached hydrogens (tertiary/aromatic N) is 1. The lowest BCUT2D eigenvalue weighted by atomic mass is 9.96. The van der Waals surface area contributed by atoms with Gasteiger partial charge in [-0.15, -0.1) is 0 Å². The molecule has 5 nitrogen and oxygen atoms in total. The summed E-state index contributed by atoms with van der Waals surface area (Å²) in [7, 11) is 0. The lowest BCUT2D eigenvalue weighted by Gasteiger charge is -2.25. The third-order valence-corrected chi connectivity index (χ3v) is 4.28. The van der Waals surface area contributed by atoms with Crippen LogP contribution in [-0.2, 0) is 0 Å². The van der Waals surface area contributed by atoms with Gasteiger partial charge in [-0.3, -0.25) is 4.79 Å². The maximum Gasteiger partial charge on any atom is 0.219 e. The van der Waals surface area contributed by atoms with Gasteiger partial charge in [0, 0.05) is 12.3 Å². The number of aromatic nitrogens is 1. The number of rotatable bonds is 3. The first-order chi connectivity index (χ1) is 12.6. The highest BCUT2D eigenvalue weighted by molar-refractivity contribution is 6.30. The van der Waals surface area contributed by atoms with Crippen LogP contribution >= 0.6 is 11.6 Å². The van der Waals surface area contributed by atoms with Crippen molar-refractivity contribution in [2.24, 2.45) is 0 Å². The van der Waals surface area contributed by atoms with Crippen LogP contribution in [0.1, 0.15) is 28.4 Å². The molecule has 0 radical (unpaired) electrons. The van der Waals surface area contributed by atoms with E-state index in [1.54, 1.807) is 24.3 Å². The summed E-state index contributed by atoms with van der Waals surface area (Å²) in [5.41, 5.74) is 1.22. The Kier molecular flexibility index (Phi) is 4.22. The molecule has 1 N–H and O–H groups in total. The highest BCUT2D eigenvalue weighted by atomic mass is 35.5. The number of phenols is 1. The van der Waals surface area contributed by atoms with Crippen molar-refractivity contribution < 1.29 is 19.4 Å². The second kappa shape index (κ2) is 6.69. The summed E-state index contributed by atoms with van der Waals surface area (Å²) in [5, 5.41) is 10.1. The van der Waals surface area contributed by atoms with E-state index in [4.69, 9.17) is 21.1 Å². The molecule has 0 aliphatic carbocycles. The van der Waals surface area contributed by atoms with Crippen molar-refractivity contribution >= 4 is 17.4 Å². The number of carbonyl (C=O) groups is 1. The van der Waals surface area contributed by atoms with Crippen molar-refractivity contribution in [1.29, 1.82) is 0 Å². The fraction of sp³-hybridized carbons (Fsp3) is 0.100. The Bertz CT molecular complexity index is 972. The summed E-state index contributed by atoms with van der Waals surface area (Å²) in [6, 6.07) is 15.2. The van der Waals surface area contributed by atoms with Gasteiger partial charge in [0.05, 0.1) is 17.0 Å². The third-order valence-electron chi connectivity index (χ3n) is 4.06. The number of ketones is 1. The van der Waals surface area contributed by atoms with Crippen LogP contribution in [0.15, 0.2) is 60.8 Å². The number of ether oxygens (including phenoxy) is 2. The van der Waals surface area contributed by atoms with Crippen LogP contribution in [-0.4, -0.2) is 15.9 Å². The van der Waals surface area contributed by atoms with Crippen LogP contribution in [0.4, 0.5) is 0 Å². The van der Waals surface area contributed by atoms with E-state index in [0.29, 0.717) is 28.0 Å². The highest BCUT2D eigenvalue weighted by Crippen LogP contribution is 2.37. The topological polar surface area (TPSA) is 68.7 Å². The molecule has 2 heterocycles. The summed E-state index contributed by atoms with van der Waals surface area (Å²) in [5.74, 6) is 1.45. The number of phenolic OH excluding ortho intramolecular Hbond substituents is 1. The Morgan fingerprint density at radius 2 is 2.04 bits per heavy atom. The number of hydrogen-bond acceptors (Lipinski definition) is 5. The fourth-order valence-electron chi connectivity index (χ4n) is 2.82. The molecule has 26 heavy (non-hydrogen) atoms. The molecule has 0 amide bonds. The van der Waals surface area contributed by atoms with Crippen LogP contribution in [0.5, 0.6) is 23.1 Å². The Morgan fingerprint density at radius 3 is 2.85 bits per heavy atom. The molecule has 1 aromatic heterocycles. The van der Waals surface area contributed by atoms with Crippen molar-refractivity contribution in [3.63, 3.8) is 0 Å². The van der Waals surface area contributed by atoms with Gasteiger partial charge in [-0.05, 0) is 42.0 Å². The van der Waals surface area contributed by atoms with E-state index in [2.05, 4.69) is 4.98 Å². The average molecular weight is 368 g/mol. The molecule has 0 bridgehead atoms. The standard InChI is InChI=1S/C20H14ClNO4/c21-13-4-7-20(22-11-13)25-15-3-1-2-12(8-15)19-10-17(24)16-9-14(23)5-6-18(16)26-19/h1-9,11,19,23H,10H2. The van der Waals surface area contributed by atoms with Crippen LogP contribution in [0.3, 0.4) is 0 Å². The molecular formula is C20H14ClNO4. The summed E-state index contributed by atoms with van der Waals surface area (Å²) < 4.78 is 11.7. The first-order valence-corrected chi connectivity index (χ1v) is 8.38. The van der Waals surface area contributed by atoms with Crippen molar-refractivity contribution in [2.45, 2.75) is 12.5 Å². The molecule has 130 valence electrons. The molecule has 0 spiro atoms. The van der Waals surface area contributed by atoms with Gasteiger partial charge in [-0.25, -0.2) is 4.98 Å². The Morgan fingerprint density at radius 1 is 1.15 bits per heavy atom. The van der Waals surface area contributed by atoms with Crippen LogP contribution < -0.4 is 9.47 Å². The van der Waals surface area contributed by atoms with Crippen LogP contribution in [0, 0.1) is 0 Å². The van der Waals surface area contributed by atoms with Crippen LogP contribution in [0.2, 0.25) is 5.02 Å². The Labute approximate surface area is 154 Å².